The van der Waals surface area contributed by atoms with Crippen molar-refractivity contribution in [3.8, 4) is 0 Å². The Morgan fingerprint density at radius 2 is 2.13 bits per heavy atom. The molecule has 0 radical (unpaired) electrons. The lowest BCUT2D eigenvalue weighted by atomic mass is 9.94. The summed E-state index contributed by atoms with van der Waals surface area (Å²) in [6.45, 7) is 8.83. The van der Waals surface area contributed by atoms with E-state index in [2.05, 4.69) is 31.0 Å². The van der Waals surface area contributed by atoms with Gasteiger partial charge in [-0.25, -0.2) is 4.39 Å². The molecule has 7 nitrogen and oxygen atoms in total. The first kappa shape index (κ1) is 22.7. The first-order valence-corrected chi connectivity index (χ1v) is 10.6. The van der Waals surface area contributed by atoms with E-state index in [1.807, 2.05) is 0 Å². The molecule has 2 amide bonds. The fourth-order valence-electron chi connectivity index (χ4n) is 3.77. The molecule has 1 saturated carbocycles. The molecule has 1 aliphatic heterocycles. The van der Waals surface area contributed by atoms with Gasteiger partial charge in [-0.3, -0.25) is 14.5 Å². The SMILES string of the molecule is CC(C)(C)CN(CC1CC1)[C@H](CN)C(=O)Nc1ccc(N2CCOCC2=O)c(F)c1. The Morgan fingerprint density at radius 3 is 2.70 bits per heavy atom. The summed E-state index contributed by atoms with van der Waals surface area (Å²) in [4.78, 5) is 28.5. The zero-order valence-corrected chi connectivity index (χ0v) is 18.1. The zero-order chi connectivity index (χ0) is 21.9. The number of nitrogens with two attached hydrogens (primary N) is 1. The molecule has 1 saturated heterocycles. The molecule has 1 aromatic rings. The summed E-state index contributed by atoms with van der Waals surface area (Å²) in [5.74, 6) is -0.455. The molecular weight excluding hydrogens is 387 g/mol. The summed E-state index contributed by atoms with van der Waals surface area (Å²) in [6, 6.07) is 3.90. The number of hydrogen-bond donors (Lipinski definition) is 2. The van der Waals surface area contributed by atoms with Gasteiger partial charge in [0.25, 0.3) is 5.91 Å². The predicted molar refractivity (Wildman–Crippen MR) is 115 cm³/mol. The van der Waals surface area contributed by atoms with Crippen molar-refractivity contribution >= 4 is 23.2 Å². The van der Waals surface area contributed by atoms with Crippen molar-refractivity contribution in [3.05, 3.63) is 24.0 Å². The fraction of sp³-hybridized carbons (Fsp3) is 0.636. The molecular formula is C22H33FN4O3. The van der Waals surface area contributed by atoms with Gasteiger partial charge in [-0.2, -0.15) is 0 Å². The zero-order valence-electron chi connectivity index (χ0n) is 18.1. The molecule has 1 heterocycles. The summed E-state index contributed by atoms with van der Waals surface area (Å²) in [5, 5.41) is 2.81. The molecule has 3 rings (SSSR count). The Labute approximate surface area is 177 Å². The summed E-state index contributed by atoms with van der Waals surface area (Å²) in [7, 11) is 0. The maximum atomic E-state index is 14.7. The van der Waals surface area contributed by atoms with Crippen LogP contribution in [0, 0.1) is 17.2 Å². The van der Waals surface area contributed by atoms with Crippen LogP contribution in [0.5, 0.6) is 0 Å². The van der Waals surface area contributed by atoms with Crippen LogP contribution in [0.15, 0.2) is 18.2 Å². The van der Waals surface area contributed by atoms with Crippen LogP contribution in [0.3, 0.4) is 0 Å². The van der Waals surface area contributed by atoms with Gasteiger partial charge >= 0.3 is 0 Å². The van der Waals surface area contributed by atoms with Gasteiger partial charge < -0.3 is 20.7 Å². The minimum atomic E-state index is -0.558. The van der Waals surface area contributed by atoms with Crippen molar-refractivity contribution in [1.29, 1.82) is 0 Å². The molecule has 3 N–H and O–H groups in total. The number of benzene rings is 1. The van der Waals surface area contributed by atoms with Gasteiger partial charge in [-0.15, -0.1) is 0 Å². The molecule has 0 bridgehead atoms. The molecule has 0 spiro atoms. The highest BCUT2D eigenvalue weighted by Gasteiger charge is 2.33. The van der Waals surface area contributed by atoms with Crippen molar-refractivity contribution in [2.75, 3.05) is 49.6 Å². The number of morpholine rings is 1. The summed E-state index contributed by atoms with van der Waals surface area (Å²) in [6.07, 6.45) is 2.37. The van der Waals surface area contributed by atoms with Gasteiger partial charge in [0.05, 0.1) is 12.3 Å². The normalized spacial score (nSPS) is 18.6. The first-order valence-electron chi connectivity index (χ1n) is 10.6. The van der Waals surface area contributed by atoms with E-state index in [0.29, 0.717) is 24.8 Å². The lowest BCUT2D eigenvalue weighted by Gasteiger charge is -2.35. The number of carbonyl (C=O) groups is 2. The number of rotatable bonds is 8. The van der Waals surface area contributed by atoms with Gasteiger partial charge in [0.2, 0.25) is 5.91 Å². The second-order valence-electron chi connectivity index (χ2n) is 9.44. The molecule has 0 aromatic heterocycles. The number of ether oxygens (including phenoxy) is 1. The van der Waals surface area contributed by atoms with Crippen LogP contribution in [0.2, 0.25) is 0 Å². The minimum Gasteiger partial charge on any atom is -0.370 e. The third-order valence-corrected chi connectivity index (χ3v) is 5.33. The summed E-state index contributed by atoms with van der Waals surface area (Å²) in [5.41, 5.74) is 6.55. The van der Waals surface area contributed by atoms with Crippen LogP contribution in [-0.2, 0) is 14.3 Å². The highest BCUT2D eigenvalue weighted by atomic mass is 19.1. The van der Waals surface area contributed by atoms with Crippen LogP contribution >= 0.6 is 0 Å². The first-order chi connectivity index (χ1) is 14.2. The highest BCUT2D eigenvalue weighted by molar-refractivity contribution is 5.97. The van der Waals surface area contributed by atoms with Crippen LogP contribution in [0.25, 0.3) is 0 Å². The number of nitrogens with zero attached hydrogens (tertiary/aromatic N) is 2. The highest BCUT2D eigenvalue weighted by Crippen LogP contribution is 2.32. The summed E-state index contributed by atoms with van der Waals surface area (Å²) < 4.78 is 19.8. The Bertz CT molecular complexity index is 776. The van der Waals surface area contributed by atoms with Gasteiger partial charge in [0.15, 0.2) is 0 Å². The number of carbonyl (C=O) groups excluding carboxylic acids is 2. The van der Waals surface area contributed by atoms with Gasteiger partial charge in [-0.1, -0.05) is 20.8 Å². The van der Waals surface area contributed by atoms with Crippen molar-refractivity contribution < 1.29 is 18.7 Å². The maximum absolute atomic E-state index is 14.7. The maximum Gasteiger partial charge on any atom is 0.253 e. The van der Waals surface area contributed by atoms with Gasteiger partial charge in [-0.05, 0) is 42.4 Å². The van der Waals surface area contributed by atoms with Crippen molar-refractivity contribution in [1.82, 2.24) is 4.90 Å². The van der Waals surface area contributed by atoms with Gasteiger partial charge in [0, 0.05) is 31.9 Å². The third-order valence-electron chi connectivity index (χ3n) is 5.33. The van der Waals surface area contributed by atoms with Crippen LogP contribution in [0.1, 0.15) is 33.6 Å². The topological polar surface area (TPSA) is 87.9 Å². The van der Waals surface area contributed by atoms with Crippen LogP contribution < -0.4 is 16.0 Å². The predicted octanol–water partition coefficient (Wildman–Crippen LogP) is 2.21. The van der Waals surface area contributed by atoms with Crippen LogP contribution in [-0.4, -0.2) is 62.1 Å². The molecule has 1 atom stereocenters. The average molecular weight is 421 g/mol. The number of amides is 2. The molecule has 2 fully saturated rings. The molecule has 1 aromatic carbocycles. The van der Waals surface area contributed by atoms with E-state index >= 15 is 0 Å². The van der Waals surface area contributed by atoms with Crippen molar-refractivity contribution in [3.63, 3.8) is 0 Å². The standard InChI is InChI=1S/C22H33FN4O3/c1-22(2,3)14-26(12-15-4-5-15)19(11-24)21(29)25-16-6-7-18(17(23)10-16)27-8-9-30-13-20(27)28/h6-7,10,15,19H,4-5,8-9,11-14,24H2,1-3H3,(H,25,29)/t19-/m1/s1. The summed E-state index contributed by atoms with van der Waals surface area (Å²) >= 11 is 0. The van der Waals surface area contributed by atoms with E-state index < -0.39 is 11.9 Å². The average Bonchev–Trinajstić information content (AvgIpc) is 3.46. The monoisotopic (exact) mass is 420 g/mol. The third kappa shape index (κ3) is 6.00. The fourth-order valence-corrected chi connectivity index (χ4v) is 3.77. The second-order valence-corrected chi connectivity index (χ2v) is 9.44. The molecule has 8 heteroatoms. The Hall–Kier alpha value is -2.03. The number of anilines is 2. The van der Waals surface area contributed by atoms with E-state index in [1.165, 1.54) is 29.9 Å². The quantitative estimate of drug-likeness (QED) is 0.673. The van der Waals surface area contributed by atoms with Crippen molar-refractivity contribution in [2.45, 2.75) is 39.7 Å². The van der Waals surface area contributed by atoms with E-state index in [9.17, 15) is 14.0 Å². The number of hydrogen-bond acceptors (Lipinski definition) is 5. The molecule has 30 heavy (non-hydrogen) atoms. The van der Waals surface area contributed by atoms with E-state index in [1.54, 1.807) is 6.07 Å². The lowest BCUT2D eigenvalue weighted by Crippen LogP contribution is -2.51. The molecule has 166 valence electrons. The second kappa shape index (κ2) is 9.41. The minimum absolute atomic E-state index is 0.0288. The number of nitrogens with one attached hydrogen (secondary N) is 1. The largest absolute Gasteiger partial charge is 0.370 e. The van der Waals surface area contributed by atoms with E-state index in [0.717, 1.165) is 13.1 Å². The molecule has 1 aliphatic carbocycles. The number of halogens is 1. The Kier molecular flexibility index (Phi) is 7.10. The van der Waals surface area contributed by atoms with Crippen LogP contribution in [0.4, 0.5) is 15.8 Å². The lowest BCUT2D eigenvalue weighted by molar-refractivity contribution is -0.125. The van der Waals surface area contributed by atoms with Crippen molar-refractivity contribution in [2.24, 2.45) is 17.1 Å². The van der Waals surface area contributed by atoms with E-state index in [4.69, 9.17) is 10.5 Å². The van der Waals surface area contributed by atoms with E-state index in [-0.39, 0.29) is 36.1 Å². The Balaban J connectivity index is 1.70. The van der Waals surface area contributed by atoms with Gasteiger partial charge in [0.1, 0.15) is 18.5 Å². The molecule has 2 aliphatic rings. The Morgan fingerprint density at radius 1 is 1.40 bits per heavy atom. The molecule has 0 unspecified atom stereocenters. The smallest absolute Gasteiger partial charge is 0.253 e.